The van der Waals surface area contributed by atoms with Gasteiger partial charge in [0.05, 0.1) is 7.11 Å². The standard InChI is InChI=1S/C17H19NO4/c1-20-13-8-4-5-9-14(13)21-16-11-10-15(22-16)17(19)18-12-6-2-3-7-12/h4-5,8-12H,2-3,6-7H2,1H3,(H,18,19). The summed E-state index contributed by atoms with van der Waals surface area (Å²) in [5.41, 5.74) is 0. The van der Waals surface area contributed by atoms with Crippen molar-refractivity contribution in [1.82, 2.24) is 5.32 Å². The lowest BCUT2D eigenvalue weighted by Crippen LogP contribution is -2.32. The van der Waals surface area contributed by atoms with Crippen LogP contribution in [0.2, 0.25) is 0 Å². The molecule has 1 aromatic heterocycles. The van der Waals surface area contributed by atoms with Gasteiger partial charge in [0, 0.05) is 12.1 Å². The molecule has 1 N–H and O–H groups in total. The third kappa shape index (κ3) is 3.24. The molecule has 0 saturated heterocycles. The molecule has 0 bridgehead atoms. The minimum absolute atomic E-state index is 0.193. The van der Waals surface area contributed by atoms with E-state index in [0.29, 0.717) is 11.5 Å². The molecule has 0 aliphatic heterocycles. The third-order valence-electron chi connectivity index (χ3n) is 3.78. The predicted molar refractivity (Wildman–Crippen MR) is 81.5 cm³/mol. The first-order valence-corrected chi connectivity index (χ1v) is 7.48. The number of benzene rings is 1. The zero-order valence-electron chi connectivity index (χ0n) is 12.5. The Hall–Kier alpha value is -2.43. The Morgan fingerprint density at radius 1 is 1.14 bits per heavy atom. The fraction of sp³-hybridized carbons (Fsp3) is 0.353. The third-order valence-corrected chi connectivity index (χ3v) is 3.78. The number of carbonyl (C=O) groups excluding carboxylic acids is 1. The Morgan fingerprint density at radius 2 is 1.86 bits per heavy atom. The number of methoxy groups -OCH3 is 1. The molecule has 3 rings (SSSR count). The molecule has 5 heteroatoms. The first kappa shape index (κ1) is 14.5. The van der Waals surface area contributed by atoms with Crippen LogP contribution in [0.4, 0.5) is 0 Å². The molecule has 0 spiro atoms. The van der Waals surface area contributed by atoms with Crippen LogP contribution in [0.1, 0.15) is 36.2 Å². The van der Waals surface area contributed by atoms with Gasteiger partial charge in [-0.1, -0.05) is 25.0 Å². The summed E-state index contributed by atoms with van der Waals surface area (Å²) in [6, 6.07) is 10.8. The van der Waals surface area contributed by atoms with Gasteiger partial charge >= 0.3 is 0 Å². The largest absolute Gasteiger partial charge is 0.493 e. The highest BCUT2D eigenvalue weighted by molar-refractivity contribution is 5.91. The average Bonchev–Trinajstić information content (AvgIpc) is 3.19. The molecule has 116 valence electrons. The number of amides is 1. The van der Waals surface area contributed by atoms with Crippen molar-refractivity contribution in [3.05, 3.63) is 42.2 Å². The molecule has 1 saturated carbocycles. The number of rotatable bonds is 5. The van der Waals surface area contributed by atoms with E-state index in [-0.39, 0.29) is 23.7 Å². The molecule has 1 aliphatic rings. The lowest BCUT2D eigenvalue weighted by molar-refractivity contribution is 0.0904. The van der Waals surface area contributed by atoms with Crippen molar-refractivity contribution in [2.24, 2.45) is 0 Å². The summed E-state index contributed by atoms with van der Waals surface area (Å²) in [4.78, 5) is 12.1. The Morgan fingerprint density at radius 3 is 2.59 bits per heavy atom. The number of para-hydroxylation sites is 2. The molecular formula is C17H19NO4. The van der Waals surface area contributed by atoms with E-state index in [1.54, 1.807) is 31.4 Å². The smallest absolute Gasteiger partial charge is 0.290 e. The monoisotopic (exact) mass is 301 g/mol. The Labute approximate surface area is 129 Å². The number of ether oxygens (including phenoxy) is 2. The van der Waals surface area contributed by atoms with Gasteiger partial charge < -0.3 is 19.2 Å². The van der Waals surface area contributed by atoms with Crippen LogP contribution in [0.25, 0.3) is 0 Å². The fourth-order valence-corrected chi connectivity index (χ4v) is 2.64. The van der Waals surface area contributed by atoms with Gasteiger partial charge in [-0.2, -0.15) is 0 Å². The number of furan rings is 1. The lowest BCUT2D eigenvalue weighted by Gasteiger charge is -2.10. The number of hydrogen-bond acceptors (Lipinski definition) is 4. The summed E-state index contributed by atoms with van der Waals surface area (Å²) in [6.07, 6.45) is 4.42. The zero-order chi connectivity index (χ0) is 15.4. The second-order valence-corrected chi connectivity index (χ2v) is 5.33. The molecule has 1 fully saturated rings. The molecule has 1 aliphatic carbocycles. The van der Waals surface area contributed by atoms with Gasteiger partial charge in [-0.25, -0.2) is 0 Å². The van der Waals surface area contributed by atoms with Crippen molar-refractivity contribution < 1.29 is 18.7 Å². The van der Waals surface area contributed by atoms with Gasteiger partial charge in [0.2, 0.25) is 0 Å². The van der Waals surface area contributed by atoms with E-state index >= 15 is 0 Å². The SMILES string of the molecule is COc1ccccc1Oc1ccc(C(=O)NC2CCCC2)o1. The first-order valence-electron chi connectivity index (χ1n) is 7.48. The minimum atomic E-state index is -0.193. The molecule has 0 radical (unpaired) electrons. The van der Waals surface area contributed by atoms with E-state index in [9.17, 15) is 4.79 Å². The molecule has 0 atom stereocenters. The zero-order valence-corrected chi connectivity index (χ0v) is 12.5. The molecule has 5 nitrogen and oxygen atoms in total. The van der Waals surface area contributed by atoms with Crippen LogP contribution >= 0.6 is 0 Å². The first-order chi connectivity index (χ1) is 10.8. The van der Waals surface area contributed by atoms with Crippen LogP contribution in [0.3, 0.4) is 0 Å². The maximum Gasteiger partial charge on any atom is 0.290 e. The molecule has 1 heterocycles. The maximum atomic E-state index is 12.1. The summed E-state index contributed by atoms with van der Waals surface area (Å²) in [5, 5.41) is 2.98. The van der Waals surface area contributed by atoms with E-state index in [1.807, 2.05) is 12.1 Å². The number of nitrogens with one attached hydrogen (secondary N) is 1. The lowest BCUT2D eigenvalue weighted by atomic mass is 10.2. The van der Waals surface area contributed by atoms with E-state index in [0.717, 1.165) is 12.8 Å². The summed E-state index contributed by atoms with van der Waals surface area (Å²) in [6.45, 7) is 0. The summed E-state index contributed by atoms with van der Waals surface area (Å²) >= 11 is 0. The van der Waals surface area contributed by atoms with Gasteiger partial charge in [-0.3, -0.25) is 4.79 Å². The summed E-state index contributed by atoms with van der Waals surface area (Å²) < 4.78 is 16.3. The number of hydrogen-bond donors (Lipinski definition) is 1. The molecule has 1 aromatic carbocycles. The van der Waals surface area contributed by atoms with E-state index in [1.165, 1.54) is 12.8 Å². The quantitative estimate of drug-likeness (QED) is 0.913. The van der Waals surface area contributed by atoms with Crippen LogP contribution in [0, 0.1) is 0 Å². The number of carbonyl (C=O) groups is 1. The predicted octanol–water partition coefficient (Wildman–Crippen LogP) is 3.75. The maximum absolute atomic E-state index is 12.1. The second-order valence-electron chi connectivity index (χ2n) is 5.33. The van der Waals surface area contributed by atoms with Crippen LogP contribution in [0.5, 0.6) is 17.4 Å². The summed E-state index contributed by atoms with van der Waals surface area (Å²) in [7, 11) is 1.57. The molecule has 2 aromatic rings. The molecule has 1 amide bonds. The van der Waals surface area contributed by atoms with Crippen LogP contribution in [0.15, 0.2) is 40.8 Å². The highest BCUT2D eigenvalue weighted by atomic mass is 16.6. The highest BCUT2D eigenvalue weighted by Gasteiger charge is 2.20. The minimum Gasteiger partial charge on any atom is -0.493 e. The van der Waals surface area contributed by atoms with Crippen molar-refractivity contribution in [3.63, 3.8) is 0 Å². The average molecular weight is 301 g/mol. The topological polar surface area (TPSA) is 60.7 Å². The fourth-order valence-electron chi connectivity index (χ4n) is 2.64. The van der Waals surface area contributed by atoms with Crippen molar-refractivity contribution in [2.75, 3.05) is 7.11 Å². The summed E-state index contributed by atoms with van der Waals surface area (Å²) in [5.74, 6) is 1.48. The van der Waals surface area contributed by atoms with Gasteiger partial charge in [0.1, 0.15) is 0 Å². The normalized spacial score (nSPS) is 14.8. The Bertz CT molecular complexity index is 644. The van der Waals surface area contributed by atoms with E-state index in [2.05, 4.69) is 5.32 Å². The van der Waals surface area contributed by atoms with Crippen LogP contribution in [-0.4, -0.2) is 19.1 Å². The van der Waals surface area contributed by atoms with Crippen molar-refractivity contribution in [2.45, 2.75) is 31.7 Å². The van der Waals surface area contributed by atoms with Crippen molar-refractivity contribution in [3.8, 4) is 17.4 Å². The Kier molecular flexibility index (Phi) is 4.32. The van der Waals surface area contributed by atoms with Crippen LogP contribution < -0.4 is 14.8 Å². The molecule has 0 unspecified atom stereocenters. The second kappa shape index (κ2) is 6.56. The molecular weight excluding hydrogens is 282 g/mol. The highest BCUT2D eigenvalue weighted by Crippen LogP contribution is 2.31. The van der Waals surface area contributed by atoms with Crippen molar-refractivity contribution in [1.29, 1.82) is 0 Å². The van der Waals surface area contributed by atoms with Gasteiger partial charge in [0.15, 0.2) is 17.3 Å². The Balaban J connectivity index is 1.66. The van der Waals surface area contributed by atoms with Crippen molar-refractivity contribution >= 4 is 5.91 Å². The van der Waals surface area contributed by atoms with E-state index in [4.69, 9.17) is 13.9 Å². The van der Waals surface area contributed by atoms with Gasteiger partial charge in [0.25, 0.3) is 11.9 Å². The van der Waals surface area contributed by atoms with Gasteiger partial charge in [-0.05, 0) is 31.0 Å². The molecule has 22 heavy (non-hydrogen) atoms. The van der Waals surface area contributed by atoms with E-state index < -0.39 is 0 Å². The van der Waals surface area contributed by atoms with Crippen LogP contribution in [-0.2, 0) is 0 Å². The van der Waals surface area contributed by atoms with Gasteiger partial charge in [-0.15, -0.1) is 0 Å².